The van der Waals surface area contributed by atoms with Crippen molar-refractivity contribution in [1.29, 1.82) is 5.26 Å². The minimum absolute atomic E-state index is 0.382. The molecule has 2 heterocycles. The molecule has 0 atom stereocenters. The van der Waals surface area contributed by atoms with Gasteiger partial charge in [-0.2, -0.15) is 10.4 Å². The van der Waals surface area contributed by atoms with Crippen LogP contribution in [-0.2, 0) is 4.74 Å². The number of primary amides is 1. The first-order chi connectivity index (χ1) is 12.6. The molecule has 0 radical (unpaired) electrons. The van der Waals surface area contributed by atoms with Crippen molar-refractivity contribution in [3.05, 3.63) is 41.2 Å². The van der Waals surface area contributed by atoms with Crippen LogP contribution in [0.15, 0.2) is 29.3 Å². The minimum Gasteiger partial charge on any atom is -0.379 e. The highest BCUT2D eigenvalue weighted by Gasteiger charge is 2.14. The number of thioether (sulfide) groups is 1. The molecule has 7 nitrogen and oxygen atoms in total. The number of morpholine rings is 1. The Morgan fingerprint density at radius 3 is 2.85 bits per heavy atom. The first-order valence-electron chi connectivity index (χ1n) is 8.42. The molecule has 0 bridgehead atoms. The Kier molecular flexibility index (Phi) is 5.93. The lowest BCUT2D eigenvalue weighted by Crippen LogP contribution is -2.37. The predicted molar refractivity (Wildman–Crippen MR) is 99.5 cm³/mol. The molecular weight excluding hydrogens is 350 g/mol. The van der Waals surface area contributed by atoms with Crippen molar-refractivity contribution in [2.75, 3.05) is 38.6 Å². The molecule has 2 aromatic rings. The zero-order valence-electron chi connectivity index (χ0n) is 14.6. The zero-order chi connectivity index (χ0) is 18.5. The van der Waals surface area contributed by atoms with Gasteiger partial charge in [0.05, 0.1) is 41.9 Å². The number of nitrogens with zero attached hydrogens (tertiary/aromatic N) is 4. The first kappa shape index (κ1) is 18.5. The number of rotatable bonds is 6. The molecule has 1 aromatic carbocycles. The van der Waals surface area contributed by atoms with Crippen molar-refractivity contribution in [2.24, 2.45) is 5.73 Å². The molecule has 136 valence electrons. The number of carbonyl (C=O) groups is 1. The summed E-state index contributed by atoms with van der Waals surface area (Å²) in [6.07, 6.45) is 1.45. The van der Waals surface area contributed by atoms with Crippen LogP contribution in [0.4, 0.5) is 0 Å². The maximum absolute atomic E-state index is 11.4. The lowest BCUT2D eigenvalue weighted by Gasteiger charge is -2.26. The molecule has 1 fully saturated rings. The summed E-state index contributed by atoms with van der Waals surface area (Å²) in [6.45, 7) is 6.26. The van der Waals surface area contributed by atoms with E-state index in [1.807, 2.05) is 12.1 Å². The van der Waals surface area contributed by atoms with Crippen LogP contribution >= 0.6 is 11.8 Å². The van der Waals surface area contributed by atoms with Gasteiger partial charge in [0, 0.05) is 30.3 Å². The van der Waals surface area contributed by atoms with E-state index in [-0.39, 0.29) is 0 Å². The molecule has 0 saturated carbocycles. The van der Waals surface area contributed by atoms with Crippen LogP contribution in [0.2, 0.25) is 0 Å². The van der Waals surface area contributed by atoms with E-state index in [1.165, 1.54) is 6.20 Å². The molecule has 8 heteroatoms. The third-order valence-electron chi connectivity index (χ3n) is 4.37. The summed E-state index contributed by atoms with van der Waals surface area (Å²) in [5, 5.41) is 13.7. The Balaban J connectivity index is 1.71. The van der Waals surface area contributed by atoms with E-state index < -0.39 is 5.91 Å². The average molecular weight is 371 g/mol. The maximum Gasteiger partial charge on any atom is 0.252 e. The van der Waals surface area contributed by atoms with Gasteiger partial charge in [-0.3, -0.25) is 9.69 Å². The Labute approximate surface area is 156 Å². The van der Waals surface area contributed by atoms with Gasteiger partial charge in [-0.25, -0.2) is 4.68 Å². The molecule has 26 heavy (non-hydrogen) atoms. The summed E-state index contributed by atoms with van der Waals surface area (Å²) in [7, 11) is 0. The van der Waals surface area contributed by atoms with E-state index >= 15 is 0 Å². The SMILES string of the molecule is Cc1c(C(N)=O)cnn1-c1ccc(SCCN2CCOCC2)c(C#N)c1. The van der Waals surface area contributed by atoms with Crippen LogP contribution in [0.25, 0.3) is 5.69 Å². The summed E-state index contributed by atoms with van der Waals surface area (Å²) in [6, 6.07) is 7.89. The summed E-state index contributed by atoms with van der Waals surface area (Å²) in [5.74, 6) is 0.408. The number of aromatic nitrogens is 2. The third kappa shape index (κ3) is 4.07. The topological polar surface area (TPSA) is 97.2 Å². The van der Waals surface area contributed by atoms with Gasteiger partial charge in [-0.15, -0.1) is 11.8 Å². The lowest BCUT2D eigenvalue weighted by atomic mass is 10.2. The number of nitriles is 1. The van der Waals surface area contributed by atoms with Crippen molar-refractivity contribution in [3.8, 4) is 11.8 Å². The summed E-state index contributed by atoms with van der Waals surface area (Å²) >= 11 is 1.67. The number of benzene rings is 1. The van der Waals surface area contributed by atoms with Gasteiger partial charge >= 0.3 is 0 Å². The molecular formula is C18H21N5O2S. The van der Waals surface area contributed by atoms with Crippen molar-refractivity contribution < 1.29 is 9.53 Å². The second-order valence-electron chi connectivity index (χ2n) is 6.01. The highest BCUT2D eigenvalue weighted by Crippen LogP contribution is 2.25. The van der Waals surface area contributed by atoms with Crippen molar-refractivity contribution in [1.82, 2.24) is 14.7 Å². The summed E-state index contributed by atoms with van der Waals surface area (Å²) < 4.78 is 6.98. The van der Waals surface area contributed by atoms with Crippen molar-refractivity contribution in [2.45, 2.75) is 11.8 Å². The lowest BCUT2D eigenvalue weighted by molar-refractivity contribution is 0.0410. The van der Waals surface area contributed by atoms with Crippen molar-refractivity contribution >= 4 is 17.7 Å². The van der Waals surface area contributed by atoms with Crippen molar-refractivity contribution in [3.63, 3.8) is 0 Å². The van der Waals surface area contributed by atoms with Gasteiger partial charge in [0.2, 0.25) is 0 Å². The number of carbonyl (C=O) groups excluding carboxylic acids is 1. The average Bonchev–Trinajstić information content (AvgIpc) is 3.04. The van der Waals surface area contributed by atoms with Gasteiger partial charge in [-0.05, 0) is 25.1 Å². The molecule has 0 unspecified atom stereocenters. The van der Waals surface area contributed by atoms with Crippen LogP contribution in [0.3, 0.4) is 0 Å². The van der Waals surface area contributed by atoms with E-state index in [9.17, 15) is 10.1 Å². The normalized spacial score (nSPS) is 14.9. The molecule has 0 spiro atoms. The fourth-order valence-electron chi connectivity index (χ4n) is 2.88. The van der Waals surface area contributed by atoms with Gasteiger partial charge < -0.3 is 10.5 Å². The van der Waals surface area contributed by atoms with Gasteiger partial charge in [0.15, 0.2) is 0 Å². The highest BCUT2D eigenvalue weighted by molar-refractivity contribution is 7.99. The molecule has 1 amide bonds. The van der Waals surface area contributed by atoms with Crippen LogP contribution in [0.1, 0.15) is 21.6 Å². The molecule has 0 aliphatic carbocycles. The quantitative estimate of drug-likeness (QED) is 0.774. The molecule has 1 aliphatic rings. The molecule has 2 N–H and O–H groups in total. The number of ether oxygens (including phenoxy) is 1. The third-order valence-corrected chi connectivity index (χ3v) is 5.43. The highest BCUT2D eigenvalue weighted by atomic mass is 32.2. The first-order valence-corrected chi connectivity index (χ1v) is 9.40. The second-order valence-corrected chi connectivity index (χ2v) is 7.15. The maximum atomic E-state index is 11.4. The minimum atomic E-state index is -0.510. The summed E-state index contributed by atoms with van der Waals surface area (Å²) in [5.41, 5.74) is 7.73. The van der Waals surface area contributed by atoms with Crippen LogP contribution in [-0.4, -0.2) is 59.2 Å². The Morgan fingerprint density at radius 2 is 2.19 bits per heavy atom. The van der Waals surface area contributed by atoms with Crippen LogP contribution in [0.5, 0.6) is 0 Å². The largest absolute Gasteiger partial charge is 0.379 e. The van der Waals surface area contributed by atoms with Gasteiger partial charge in [-0.1, -0.05) is 0 Å². The Morgan fingerprint density at radius 1 is 1.42 bits per heavy atom. The fraction of sp³-hybridized carbons (Fsp3) is 0.389. The molecule has 1 aromatic heterocycles. The van der Waals surface area contributed by atoms with E-state index in [0.717, 1.165) is 49.2 Å². The second kappa shape index (κ2) is 8.36. The van der Waals surface area contributed by atoms with E-state index in [4.69, 9.17) is 10.5 Å². The van der Waals surface area contributed by atoms with Crippen LogP contribution in [0, 0.1) is 18.3 Å². The molecule has 1 aliphatic heterocycles. The Bertz CT molecular complexity index is 837. The smallest absolute Gasteiger partial charge is 0.252 e. The standard InChI is InChI=1S/C18H21N5O2S/c1-13-16(18(20)24)12-21-23(13)15-2-3-17(14(10-15)11-19)26-9-6-22-4-7-25-8-5-22/h2-3,10,12H,4-9H2,1H3,(H2,20,24). The summed E-state index contributed by atoms with van der Waals surface area (Å²) in [4.78, 5) is 14.7. The van der Waals surface area contributed by atoms with Gasteiger partial charge in [0.1, 0.15) is 6.07 Å². The number of hydrogen-bond donors (Lipinski definition) is 1. The zero-order valence-corrected chi connectivity index (χ0v) is 15.5. The van der Waals surface area contributed by atoms with Gasteiger partial charge in [0.25, 0.3) is 5.91 Å². The molecule has 3 rings (SSSR count). The molecule has 1 saturated heterocycles. The van der Waals surface area contributed by atoms with E-state index in [0.29, 0.717) is 16.8 Å². The predicted octanol–water partition coefficient (Wildman–Crippen LogP) is 1.58. The van der Waals surface area contributed by atoms with E-state index in [2.05, 4.69) is 16.1 Å². The fourth-order valence-corrected chi connectivity index (χ4v) is 3.88. The van der Waals surface area contributed by atoms with E-state index in [1.54, 1.807) is 29.4 Å². The number of hydrogen-bond acceptors (Lipinski definition) is 6. The monoisotopic (exact) mass is 371 g/mol. The number of nitrogens with two attached hydrogens (primary N) is 1. The number of amides is 1. The van der Waals surface area contributed by atoms with Crippen LogP contribution < -0.4 is 5.73 Å². The Hall–Kier alpha value is -2.34.